The van der Waals surface area contributed by atoms with Gasteiger partial charge in [-0.2, -0.15) is 0 Å². The van der Waals surface area contributed by atoms with E-state index in [1.165, 1.54) is 0 Å². The standard InChI is InChI=1S/C28H32N2O3/c1-5-26(21-8-6-20(2)7-9-21)27(22-10-14-24(31)15-11-22)28(32)29-23-12-16-25(17-13-23)33-19-18-30(3)4/h6-17,31H,5,18-19H2,1-4H3,(H,29,32). The molecule has 1 amide bonds. The number of ether oxygens (including phenoxy) is 1. The maximum atomic E-state index is 13.5. The molecule has 0 bridgehead atoms. The molecule has 2 N–H and O–H groups in total. The normalized spacial score (nSPS) is 11.8. The van der Waals surface area contributed by atoms with Crippen LogP contribution in [0.4, 0.5) is 5.69 Å². The number of phenolic OH excluding ortho intramolecular Hbond substituents is 1. The van der Waals surface area contributed by atoms with Gasteiger partial charge >= 0.3 is 0 Å². The summed E-state index contributed by atoms with van der Waals surface area (Å²) in [6.45, 7) is 5.52. The third kappa shape index (κ3) is 6.70. The van der Waals surface area contributed by atoms with Gasteiger partial charge in [-0.3, -0.25) is 4.79 Å². The van der Waals surface area contributed by atoms with Crippen LogP contribution in [0, 0.1) is 6.92 Å². The molecule has 33 heavy (non-hydrogen) atoms. The van der Waals surface area contributed by atoms with E-state index in [-0.39, 0.29) is 11.7 Å². The summed E-state index contributed by atoms with van der Waals surface area (Å²) in [5.74, 6) is 0.731. The molecule has 0 heterocycles. The molecule has 0 atom stereocenters. The number of nitrogens with zero attached hydrogens (tertiary/aromatic N) is 1. The first-order valence-electron chi connectivity index (χ1n) is 11.2. The number of rotatable bonds is 9. The Morgan fingerprint density at radius 2 is 1.52 bits per heavy atom. The average Bonchev–Trinajstić information content (AvgIpc) is 2.80. The van der Waals surface area contributed by atoms with E-state index in [0.29, 0.717) is 24.3 Å². The molecule has 0 radical (unpaired) electrons. The van der Waals surface area contributed by atoms with Crippen LogP contribution in [0.1, 0.15) is 30.0 Å². The highest BCUT2D eigenvalue weighted by Gasteiger charge is 2.19. The van der Waals surface area contributed by atoms with Crippen LogP contribution in [0.25, 0.3) is 11.1 Å². The quantitative estimate of drug-likeness (QED) is 0.333. The molecular formula is C28H32N2O3. The predicted molar refractivity (Wildman–Crippen MR) is 136 cm³/mol. The maximum Gasteiger partial charge on any atom is 0.256 e. The summed E-state index contributed by atoms with van der Waals surface area (Å²) < 4.78 is 5.74. The number of amides is 1. The van der Waals surface area contributed by atoms with Crippen LogP contribution in [0.5, 0.6) is 11.5 Å². The molecular weight excluding hydrogens is 412 g/mol. The zero-order valence-electron chi connectivity index (χ0n) is 19.8. The molecule has 0 aliphatic rings. The first kappa shape index (κ1) is 24.1. The van der Waals surface area contributed by atoms with Crippen molar-refractivity contribution in [1.29, 1.82) is 0 Å². The van der Waals surface area contributed by atoms with Crippen LogP contribution in [0.3, 0.4) is 0 Å². The van der Waals surface area contributed by atoms with Gasteiger partial charge in [0, 0.05) is 12.2 Å². The van der Waals surface area contributed by atoms with Gasteiger partial charge in [0.1, 0.15) is 18.1 Å². The van der Waals surface area contributed by atoms with Gasteiger partial charge in [-0.1, -0.05) is 48.9 Å². The van der Waals surface area contributed by atoms with Crippen molar-refractivity contribution >= 4 is 22.7 Å². The molecule has 0 aliphatic carbocycles. The Morgan fingerprint density at radius 1 is 0.909 bits per heavy atom. The summed E-state index contributed by atoms with van der Waals surface area (Å²) >= 11 is 0. The Kier molecular flexibility index (Phi) is 8.28. The summed E-state index contributed by atoms with van der Waals surface area (Å²) in [7, 11) is 4.00. The summed E-state index contributed by atoms with van der Waals surface area (Å²) in [4.78, 5) is 15.6. The molecule has 0 fully saturated rings. The number of allylic oxidation sites excluding steroid dienone is 1. The monoisotopic (exact) mass is 444 g/mol. The van der Waals surface area contributed by atoms with E-state index in [0.717, 1.165) is 34.6 Å². The highest BCUT2D eigenvalue weighted by Crippen LogP contribution is 2.31. The smallest absolute Gasteiger partial charge is 0.256 e. The minimum Gasteiger partial charge on any atom is -0.508 e. The number of aryl methyl sites for hydroxylation is 1. The second-order valence-corrected chi connectivity index (χ2v) is 8.25. The number of anilines is 1. The summed E-state index contributed by atoms with van der Waals surface area (Å²) in [6, 6.07) is 22.3. The van der Waals surface area contributed by atoms with E-state index in [9.17, 15) is 9.90 Å². The van der Waals surface area contributed by atoms with Crippen LogP contribution < -0.4 is 10.1 Å². The van der Waals surface area contributed by atoms with Gasteiger partial charge in [0.05, 0.1) is 5.57 Å². The Labute approximate surface area is 196 Å². The highest BCUT2D eigenvalue weighted by molar-refractivity contribution is 6.31. The third-order valence-electron chi connectivity index (χ3n) is 5.36. The molecule has 0 spiro atoms. The van der Waals surface area contributed by atoms with Crippen LogP contribution in [-0.2, 0) is 4.79 Å². The number of hydrogen-bond donors (Lipinski definition) is 2. The van der Waals surface area contributed by atoms with E-state index < -0.39 is 0 Å². The molecule has 0 saturated carbocycles. The molecule has 5 nitrogen and oxygen atoms in total. The van der Waals surface area contributed by atoms with Crippen molar-refractivity contribution in [3.63, 3.8) is 0 Å². The van der Waals surface area contributed by atoms with Crippen molar-refractivity contribution in [2.24, 2.45) is 0 Å². The lowest BCUT2D eigenvalue weighted by Gasteiger charge is -2.16. The molecule has 3 rings (SSSR count). The lowest BCUT2D eigenvalue weighted by molar-refractivity contribution is -0.111. The lowest BCUT2D eigenvalue weighted by atomic mass is 9.91. The van der Waals surface area contributed by atoms with E-state index in [1.54, 1.807) is 24.3 Å². The first-order chi connectivity index (χ1) is 15.9. The van der Waals surface area contributed by atoms with Crippen LogP contribution in [0.15, 0.2) is 72.8 Å². The summed E-state index contributed by atoms with van der Waals surface area (Å²) in [5, 5.41) is 12.8. The van der Waals surface area contributed by atoms with E-state index in [4.69, 9.17) is 4.74 Å². The Balaban J connectivity index is 1.90. The van der Waals surface area contributed by atoms with E-state index in [2.05, 4.69) is 10.2 Å². The predicted octanol–water partition coefficient (Wildman–Crippen LogP) is 5.60. The number of likely N-dealkylation sites (N-methyl/N-ethyl adjacent to an activating group) is 1. The minimum atomic E-state index is -0.195. The van der Waals surface area contributed by atoms with E-state index >= 15 is 0 Å². The van der Waals surface area contributed by atoms with Gasteiger partial charge < -0.3 is 20.1 Å². The number of carbonyl (C=O) groups excluding carboxylic acids is 1. The molecule has 3 aromatic rings. The van der Waals surface area contributed by atoms with Crippen molar-refractivity contribution < 1.29 is 14.6 Å². The van der Waals surface area contributed by atoms with Crippen molar-refractivity contribution in [2.75, 3.05) is 32.6 Å². The largest absolute Gasteiger partial charge is 0.508 e. The molecule has 0 saturated heterocycles. The fraction of sp³-hybridized carbons (Fsp3) is 0.250. The van der Waals surface area contributed by atoms with Crippen molar-refractivity contribution in [3.8, 4) is 11.5 Å². The topological polar surface area (TPSA) is 61.8 Å². The molecule has 3 aromatic carbocycles. The third-order valence-corrected chi connectivity index (χ3v) is 5.36. The molecule has 0 aliphatic heterocycles. The fourth-order valence-electron chi connectivity index (χ4n) is 3.52. The highest BCUT2D eigenvalue weighted by atomic mass is 16.5. The Morgan fingerprint density at radius 3 is 2.09 bits per heavy atom. The van der Waals surface area contributed by atoms with Crippen LogP contribution >= 0.6 is 0 Å². The van der Waals surface area contributed by atoms with Gasteiger partial charge in [0.25, 0.3) is 5.91 Å². The van der Waals surface area contributed by atoms with Crippen LogP contribution in [0.2, 0.25) is 0 Å². The summed E-state index contributed by atoms with van der Waals surface area (Å²) in [5.41, 5.74) is 5.15. The number of nitrogens with one attached hydrogen (secondary N) is 1. The Bertz CT molecular complexity index is 1080. The number of benzene rings is 3. The van der Waals surface area contributed by atoms with Gasteiger partial charge in [0.15, 0.2) is 0 Å². The molecule has 0 unspecified atom stereocenters. The molecule has 5 heteroatoms. The van der Waals surface area contributed by atoms with Gasteiger partial charge in [-0.05, 0) is 80.5 Å². The van der Waals surface area contributed by atoms with Crippen molar-refractivity contribution in [2.45, 2.75) is 20.3 Å². The number of carbonyl (C=O) groups is 1. The van der Waals surface area contributed by atoms with Gasteiger partial charge in [0.2, 0.25) is 0 Å². The van der Waals surface area contributed by atoms with Crippen molar-refractivity contribution in [3.05, 3.63) is 89.5 Å². The molecule has 172 valence electrons. The second-order valence-electron chi connectivity index (χ2n) is 8.25. The Hall–Kier alpha value is -3.57. The average molecular weight is 445 g/mol. The van der Waals surface area contributed by atoms with Gasteiger partial charge in [-0.15, -0.1) is 0 Å². The minimum absolute atomic E-state index is 0.164. The first-order valence-corrected chi connectivity index (χ1v) is 11.2. The summed E-state index contributed by atoms with van der Waals surface area (Å²) in [6.07, 6.45) is 0.686. The van der Waals surface area contributed by atoms with E-state index in [1.807, 2.05) is 76.5 Å². The number of aromatic hydroxyl groups is 1. The SMILES string of the molecule is CCC(=C(C(=O)Nc1ccc(OCCN(C)C)cc1)c1ccc(O)cc1)c1ccc(C)cc1. The van der Waals surface area contributed by atoms with Gasteiger partial charge in [-0.25, -0.2) is 0 Å². The molecule has 0 aromatic heterocycles. The zero-order chi connectivity index (χ0) is 23.8. The maximum absolute atomic E-state index is 13.5. The lowest BCUT2D eigenvalue weighted by Crippen LogP contribution is -2.19. The second kappa shape index (κ2) is 11.3. The zero-order valence-corrected chi connectivity index (χ0v) is 19.8. The fourth-order valence-corrected chi connectivity index (χ4v) is 3.52. The van der Waals surface area contributed by atoms with Crippen molar-refractivity contribution in [1.82, 2.24) is 4.90 Å². The van der Waals surface area contributed by atoms with Crippen LogP contribution in [-0.4, -0.2) is 43.2 Å². The number of hydrogen-bond acceptors (Lipinski definition) is 4. The number of phenols is 1.